The van der Waals surface area contributed by atoms with Crippen LogP contribution in [0.1, 0.15) is 38.1 Å². The van der Waals surface area contributed by atoms with Crippen LogP contribution in [0.4, 0.5) is 0 Å². The average molecular weight is 265 g/mol. The number of imidazole rings is 1. The van der Waals surface area contributed by atoms with Gasteiger partial charge in [-0.1, -0.05) is 20.8 Å². The molecule has 104 valence electrons. The fourth-order valence-corrected chi connectivity index (χ4v) is 2.43. The topological polar surface area (TPSA) is 75.4 Å². The summed E-state index contributed by atoms with van der Waals surface area (Å²) in [5, 5.41) is 9.35. The lowest BCUT2D eigenvalue weighted by atomic mass is 9.91. The molecule has 0 saturated heterocycles. The zero-order valence-corrected chi connectivity index (χ0v) is 11.7. The molecule has 0 aromatic carbocycles. The predicted octanol–water partition coefficient (Wildman–Crippen LogP) is 0.977. The maximum atomic E-state index is 12.3. The molecule has 1 unspecified atom stereocenters. The molecule has 1 aliphatic rings. The SMILES string of the molecule is Cn1cnc2c1C(C(=O)O)CN(C(=O)C(C)(C)C)C2. The van der Waals surface area contributed by atoms with Crippen LogP contribution >= 0.6 is 0 Å². The third-order valence-electron chi connectivity index (χ3n) is 3.36. The highest BCUT2D eigenvalue weighted by Crippen LogP contribution is 2.30. The van der Waals surface area contributed by atoms with Crippen molar-refractivity contribution >= 4 is 11.9 Å². The van der Waals surface area contributed by atoms with E-state index in [0.29, 0.717) is 17.9 Å². The second kappa shape index (κ2) is 4.36. The number of nitrogens with zero attached hydrogens (tertiary/aromatic N) is 3. The van der Waals surface area contributed by atoms with Crippen LogP contribution in [0.2, 0.25) is 0 Å². The van der Waals surface area contributed by atoms with Crippen molar-refractivity contribution in [2.45, 2.75) is 33.2 Å². The molecular formula is C13H19N3O3. The summed E-state index contributed by atoms with van der Waals surface area (Å²) in [6.07, 6.45) is 1.60. The number of carboxylic acids is 1. The number of aliphatic carboxylic acids is 1. The van der Waals surface area contributed by atoms with Gasteiger partial charge in [0.25, 0.3) is 0 Å². The van der Waals surface area contributed by atoms with Crippen LogP contribution in [-0.2, 0) is 23.2 Å². The van der Waals surface area contributed by atoms with Crippen molar-refractivity contribution in [3.8, 4) is 0 Å². The van der Waals surface area contributed by atoms with Gasteiger partial charge in [-0.15, -0.1) is 0 Å². The van der Waals surface area contributed by atoms with Crippen LogP contribution < -0.4 is 0 Å². The number of aryl methyl sites for hydroxylation is 1. The van der Waals surface area contributed by atoms with Crippen LogP contribution in [0.25, 0.3) is 0 Å². The van der Waals surface area contributed by atoms with Gasteiger partial charge in [-0.25, -0.2) is 4.98 Å². The largest absolute Gasteiger partial charge is 0.481 e. The molecule has 1 N–H and O–H groups in total. The molecule has 0 bridgehead atoms. The minimum absolute atomic E-state index is 0.0462. The zero-order valence-electron chi connectivity index (χ0n) is 11.7. The highest BCUT2D eigenvalue weighted by Gasteiger charge is 2.38. The Balaban J connectivity index is 2.37. The van der Waals surface area contributed by atoms with Gasteiger partial charge in [0, 0.05) is 19.0 Å². The standard InChI is InChI=1S/C13H19N3O3/c1-13(2,3)12(19)16-5-8(11(17)18)10-9(6-16)14-7-15(10)4/h7-8H,5-6H2,1-4H3,(H,17,18). The van der Waals surface area contributed by atoms with Crippen molar-refractivity contribution < 1.29 is 14.7 Å². The molecule has 2 rings (SSSR count). The molecule has 1 amide bonds. The van der Waals surface area contributed by atoms with Crippen molar-refractivity contribution in [3.05, 3.63) is 17.7 Å². The summed E-state index contributed by atoms with van der Waals surface area (Å²) >= 11 is 0. The number of hydrogen-bond donors (Lipinski definition) is 1. The molecule has 1 aromatic heterocycles. The molecule has 0 saturated carbocycles. The molecular weight excluding hydrogens is 246 g/mol. The van der Waals surface area contributed by atoms with Gasteiger partial charge in [0.05, 0.1) is 24.3 Å². The van der Waals surface area contributed by atoms with E-state index in [0.717, 1.165) is 0 Å². The van der Waals surface area contributed by atoms with Crippen molar-refractivity contribution in [1.29, 1.82) is 0 Å². The molecule has 6 heteroatoms. The smallest absolute Gasteiger partial charge is 0.314 e. The molecule has 0 spiro atoms. The third-order valence-corrected chi connectivity index (χ3v) is 3.36. The van der Waals surface area contributed by atoms with Gasteiger partial charge in [0.2, 0.25) is 5.91 Å². The van der Waals surface area contributed by atoms with Gasteiger partial charge < -0.3 is 14.6 Å². The number of fused-ring (bicyclic) bond motifs is 1. The van der Waals surface area contributed by atoms with Crippen LogP contribution in [0.5, 0.6) is 0 Å². The first-order chi connectivity index (χ1) is 8.71. The first kappa shape index (κ1) is 13.6. The van der Waals surface area contributed by atoms with Gasteiger partial charge in [0.1, 0.15) is 5.92 Å². The van der Waals surface area contributed by atoms with E-state index in [-0.39, 0.29) is 12.5 Å². The lowest BCUT2D eigenvalue weighted by molar-refractivity contribution is -0.144. The van der Waals surface area contributed by atoms with Crippen LogP contribution in [-0.4, -0.2) is 38.0 Å². The highest BCUT2D eigenvalue weighted by atomic mass is 16.4. The maximum Gasteiger partial charge on any atom is 0.314 e. The predicted molar refractivity (Wildman–Crippen MR) is 68.5 cm³/mol. The normalized spacial score (nSPS) is 19.2. The summed E-state index contributed by atoms with van der Waals surface area (Å²) in [4.78, 5) is 29.5. The summed E-state index contributed by atoms with van der Waals surface area (Å²) in [5.41, 5.74) is 0.860. The van der Waals surface area contributed by atoms with E-state index >= 15 is 0 Å². The molecule has 0 fully saturated rings. The van der Waals surface area contributed by atoms with Gasteiger partial charge >= 0.3 is 5.97 Å². The Morgan fingerprint density at radius 1 is 1.42 bits per heavy atom. The molecule has 1 aliphatic heterocycles. The fourth-order valence-electron chi connectivity index (χ4n) is 2.43. The number of carboxylic acid groups (broad SMARTS) is 1. The van der Waals surface area contributed by atoms with E-state index in [1.165, 1.54) is 0 Å². The van der Waals surface area contributed by atoms with Crippen LogP contribution in [0.15, 0.2) is 6.33 Å². The maximum absolute atomic E-state index is 12.3. The summed E-state index contributed by atoms with van der Waals surface area (Å²) in [7, 11) is 1.78. The van der Waals surface area contributed by atoms with Crippen LogP contribution in [0, 0.1) is 5.41 Å². The zero-order chi connectivity index (χ0) is 14.4. The van der Waals surface area contributed by atoms with Crippen molar-refractivity contribution in [3.63, 3.8) is 0 Å². The molecule has 0 radical (unpaired) electrons. The highest BCUT2D eigenvalue weighted by molar-refractivity contribution is 5.84. The summed E-state index contributed by atoms with van der Waals surface area (Å²) in [6, 6.07) is 0. The van der Waals surface area contributed by atoms with Crippen molar-refractivity contribution in [2.24, 2.45) is 12.5 Å². The Bertz CT molecular complexity index is 528. The molecule has 1 aromatic rings. The second-order valence-electron chi connectivity index (χ2n) is 6.01. The third kappa shape index (κ3) is 2.34. The Labute approximate surface area is 112 Å². The summed E-state index contributed by atoms with van der Waals surface area (Å²) in [5.74, 6) is -1.67. The van der Waals surface area contributed by atoms with Crippen molar-refractivity contribution in [1.82, 2.24) is 14.5 Å². The van der Waals surface area contributed by atoms with Crippen molar-refractivity contribution in [2.75, 3.05) is 6.54 Å². The molecule has 1 atom stereocenters. The first-order valence-corrected chi connectivity index (χ1v) is 6.24. The van der Waals surface area contributed by atoms with E-state index in [1.807, 2.05) is 20.8 Å². The van der Waals surface area contributed by atoms with E-state index in [9.17, 15) is 14.7 Å². The average Bonchev–Trinajstić information content (AvgIpc) is 2.67. The van der Waals surface area contributed by atoms with E-state index < -0.39 is 17.3 Å². The Morgan fingerprint density at radius 3 is 2.58 bits per heavy atom. The Hall–Kier alpha value is -1.85. The minimum atomic E-state index is -0.920. The fraction of sp³-hybridized carbons (Fsp3) is 0.615. The lowest BCUT2D eigenvalue weighted by Gasteiger charge is -2.34. The number of hydrogen-bond acceptors (Lipinski definition) is 3. The number of rotatable bonds is 1. The number of aromatic nitrogens is 2. The van der Waals surface area contributed by atoms with Gasteiger partial charge in [-0.05, 0) is 0 Å². The molecule has 6 nitrogen and oxygen atoms in total. The summed E-state index contributed by atoms with van der Waals surface area (Å²) in [6.45, 7) is 6.09. The Kier molecular flexibility index (Phi) is 3.12. The Morgan fingerprint density at radius 2 is 2.05 bits per heavy atom. The van der Waals surface area contributed by atoms with E-state index in [1.54, 1.807) is 22.8 Å². The lowest BCUT2D eigenvalue weighted by Crippen LogP contribution is -2.45. The minimum Gasteiger partial charge on any atom is -0.481 e. The van der Waals surface area contributed by atoms with E-state index in [2.05, 4.69) is 4.98 Å². The van der Waals surface area contributed by atoms with E-state index in [4.69, 9.17) is 0 Å². The monoisotopic (exact) mass is 265 g/mol. The molecule has 2 heterocycles. The quantitative estimate of drug-likeness (QED) is 0.821. The molecule has 0 aliphatic carbocycles. The molecule has 19 heavy (non-hydrogen) atoms. The second-order valence-corrected chi connectivity index (χ2v) is 6.01. The number of amides is 1. The van der Waals surface area contributed by atoms with Gasteiger partial charge in [-0.3, -0.25) is 9.59 Å². The number of carbonyl (C=O) groups excluding carboxylic acids is 1. The van der Waals surface area contributed by atoms with Gasteiger partial charge in [-0.2, -0.15) is 0 Å². The first-order valence-electron chi connectivity index (χ1n) is 6.24. The van der Waals surface area contributed by atoms with Gasteiger partial charge in [0.15, 0.2) is 0 Å². The number of carbonyl (C=O) groups is 2. The van der Waals surface area contributed by atoms with Crippen LogP contribution in [0.3, 0.4) is 0 Å². The summed E-state index contributed by atoms with van der Waals surface area (Å²) < 4.78 is 1.73.